The molecule has 12 heteroatoms. The zero-order valence-corrected chi connectivity index (χ0v) is 20.4. The molecule has 4 atom stereocenters. The summed E-state index contributed by atoms with van der Waals surface area (Å²) in [5.74, 6) is -6.23. The lowest BCUT2D eigenvalue weighted by atomic mass is 9.74. The molecule has 2 bridgehead atoms. The van der Waals surface area contributed by atoms with Crippen molar-refractivity contribution < 1.29 is 41.7 Å². The zero-order valence-electron chi connectivity index (χ0n) is 18.9. The number of anilines is 1. The van der Waals surface area contributed by atoms with E-state index in [1.807, 2.05) is 0 Å². The average molecular weight is 548 g/mol. The second kappa shape index (κ2) is 10.3. The molecule has 2 saturated carbocycles. The molecule has 196 valence electrons. The third kappa shape index (κ3) is 4.99. The predicted molar refractivity (Wildman–Crippen MR) is 125 cm³/mol. The molecule has 4 unspecified atom stereocenters. The minimum atomic E-state index is -4.02. The number of halogens is 4. The molecular formula is C24H25ClF3NO6S. The molecule has 0 spiro atoms. The SMILES string of the molecule is O=C(Nc1cc(F)c(F)c(F)c1)c1ccc(Cl)c(S(=O)(=O)C2CC3CCC(C2)C3C(O)C(O)CO)c1. The first-order valence-electron chi connectivity index (χ1n) is 11.4. The standard InChI is InChI=1S/C24H25ClF3NO6S/c25-16-4-3-13(24(33)29-14-8-17(26)22(28)18(27)9-14)7-20(16)36(34,35)15-5-11-1-2-12(6-15)21(11)23(32)19(31)10-30/h3-4,7-9,11-12,15,19,21,23,30-32H,1-2,5-6,10H2,(H,29,33). The van der Waals surface area contributed by atoms with Gasteiger partial charge in [-0.3, -0.25) is 4.79 Å². The highest BCUT2D eigenvalue weighted by Gasteiger charge is 2.50. The molecule has 0 saturated heterocycles. The van der Waals surface area contributed by atoms with E-state index in [9.17, 15) is 41.7 Å². The van der Waals surface area contributed by atoms with E-state index in [0.717, 1.165) is 6.07 Å². The Morgan fingerprint density at radius 2 is 1.64 bits per heavy atom. The third-order valence-electron chi connectivity index (χ3n) is 7.28. The smallest absolute Gasteiger partial charge is 0.255 e. The Morgan fingerprint density at radius 1 is 1.06 bits per heavy atom. The van der Waals surface area contributed by atoms with Crippen molar-refractivity contribution in [2.24, 2.45) is 17.8 Å². The molecule has 2 aromatic rings. The summed E-state index contributed by atoms with van der Waals surface area (Å²) in [6, 6.07) is 4.76. The normalized spacial score (nSPS) is 25.4. The summed E-state index contributed by atoms with van der Waals surface area (Å²) in [4.78, 5) is 12.4. The molecule has 0 radical (unpaired) electrons. The second-order valence-electron chi connectivity index (χ2n) is 9.41. The van der Waals surface area contributed by atoms with E-state index in [1.165, 1.54) is 12.1 Å². The highest BCUT2D eigenvalue weighted by atomic mass is 35.5. The van der Waals surface area contributed by atoms with Crippen LogP contribution in [0.3, 0.4) is 0 Å². The van der Waals surface area contributed by atoms with Crippen LogP contribution in [0.5, 0.6) is 0 Å². The summed E-state index contributed by atoms with van der Waals surface area (Å²) in [5, 5.41) is 30.8. The molecule has 0 heterocycles. The summed E-state index contributed by atoms with van der Waals surface area (Å²) in [6.07, 6.45) is -0.666. The van der Waals surface area contributed by atoms with Gasteiger partial charge in [0.1, 0.15) is 6.10 Å². The highest BCUT2D eigenvalue weighted by molar-refractivity contribution is 7.92. The van der Waals surface area contributed by atoms with Crippen LogP contribution in [0.4, 0.5) is 18.9 Å². The molecule has 36 heavy (non-hydrogen) atoms. The molecule has 2 aromatic carbocycles. The lowest BCUT2D eigenvalue weighted by Crippen LogP contribution is -2.45. The first-order chi connectivity index (χ1) is 16.9. The first kappa shape index (κ1) is 26.9. The van der Waals surface area contributed by atoms with Crippen LogP contribution in [-0.2, 0) is 9.84 Å². The van der Waals surface area contributed by atoms with Gasteiger partial charge in [-0.15, -0.1) is 0 Å². The minimum Gasteiger partial charge on any atom is -0.394 e. The summed E-state index contributed by atoms with van der Waals surface area (Å²) in [5.41, 5.74) is -0.490. The van der Waals surface area contributed by atoms with Crippen molar-refractivity contribution in [3.63, 3.8) is 0 Å². The molecule has 4 rings (SSSR count). The maximum atomic E-state index is 13.5. The summed E-state index contributed by atoms with van der Waals surface area (Å²) in [6.45, 7) is -0.597. The number of nitrogens with one attached hydrogen (secondary N) is 1. The number of fused-ring (bicyclic) bond motifs is 2. The van der Waals surface area contributed by atoms with Gasteiger partial charge in [-0.2, -0.15) is 0 Å². The van der Waals surface area contributed by atoms with Crippen LogP contribution in [0.15, 0.2) is 35.2 Å². The zero-order chi connectivity index (χ0) is 26.4. The first-order valence-corrected chi connectivity index (χ1v) is 13.3. The topological polar surface area (TPSA) is 124 Å². The lowest BCUT2D eigenvalue weighted by Gasteiger charge is -2.38. The van der Waals surface area contributed by atoms with Crippen LogP contribution in [0.2, 0.25) is 5.02 Å². The number of amides is 1. The van der Waals surface area contributed by atoms with Crippen LogP contribution in [-0.4, -0.2) is 53.7 Å². The average Bonchev–Trinajstić information content (AvgIpc) is 3.09. The summed E-state index contributed by atoms with van der Waals surface area (Å²) >= 11 is 6.20. The minimum absolute atomic E-state index is 0.101. The lowest BCUT2D eigenvalue weighted by molar-refractivity contribution is -0.0684. The Hall–Kier alpha value is -2.18. The van der Waals surface area contributed by atoms with Gasteiger partial charge in [-0.25, -0.2) is 21.6 Å². The van der Waals surface area contributed by atoms with Gasteiger partial charge in [0.15, 0.2) is 27.3 Å². The number of aliphatic hydroxyl groups is 3. The molecular weight excluding hydrogens is 523 g/mol. The molecule has 7 nitrogen and oxygen atoms in total. The van der Waals surface area contributed by atoms with Crippen LogP contribution in [0, 0.1) is 35.2 Å². The number of carbonyl (C=O) groups excluding carboxylic acids is 1. The monoisotopic (exact) mass is 547 g/mol. The van der Waals surface area contributed by atoms with Crippen LogP contribution >= 0.6 is 11.6 Å². The number of hydrogen-bond donors (Lipinski definition) is 4. The van der Waals surface area contributed by atoms with Gasteiger partial charge >= 0.3 is 0 Å². The molecule has 4 N–H and O–H groups in total. The van der Waals surface area contributed by atoms with Crippen molar-refractivity contribution in [3.05, 3.63) is 58.4 Å². The van der Waals surface area contributed by atoms with Gasteiger partial charge in [0.05, 0.1) is 27.9 Å². The number of benzene rings is 2. The molecule has 2 aliphatic carbocycles. The van der Waals surface area contributed by atoms with Crippen LogP contribution < -0.4 is 5.32 Å². The largest absolute Gasteiger partial charge is 0.394 e. The Balaban J connectivity index is 1.56. The number of aliphatic hydroxyl groups excluding tert-OH is 3. The Labute approximate surface area is 210 Å². The second-order valence-corrected chi connectivity index (χ2v) is 12.0. The maximum Gasteiger partial charge on any atom is 0.255 e. The van der Waals surface area contributed by atoms with Gasteiger partial charge in [0.2, 0.25) is 0 Å². The number of rotatable bonds is 7. The fourth-order valence-corrected chi connectivity index (χ4v) is 8.00. The number of sulfone groups is 1. The molecule has 2 aliphatic rings. The van der Waals surface area contributed by atoms with E-state index >= 15 is 0 Å². The fourth-order valence-electron chi connectivity index (χ4n) is 5.57. The number of carbonyl (C=O) groups is 1. The van der Waals surface area contributed by atoms with Crippen molar-refractivity contribution in [1.29, 1.82) is 0 Å². The summed E-state index contributed by atoms with van der Waals surface area (Å²) < 4.78 is 67.2. The van der Waals surface area contributed by atoms with Crippen molar-refractivity contribution in [2.45, 2.75) is 48.0 Å². The van der Waals surface area contributed by atoms with Crippen molar-refractivity contribution >= 4 is 33.0 Å². The van der Waals surface area contributed by atoms with Crippen molar-refractivity contribution in [2.75, 3.05) is 11.9 Å². The Kier molecular flexibility index (Phi) is 7.68. The van der Waals surface area contributed by atoms with E-state index in [4.69, 9.17) is 11.6 Å². The van der Waals surface area contributed by atoms with Gasteiger partial charge < -0.3 is 20.6 Å². The van der Waals surface area contributed by atoms with Gasteiger partial charge in [0, 0.05) is 23.4 Å². The van der Waals surface area contributed by atoms with Crippen LogP contribution in [0.1, 0.15) is 36.0 Å². The van der Waals surface area contributed by atoms with E-state index in [2.05, 4.69) is 5.32 Å². The third-order valence-corrected chi connectivity index (χ3v) is 9.94. The quantitative estimate of drug-likeness (QED) is 0.394. The molecule has 0 aliphatic heterocycles. The van der Waals surface area contributed by atoms with E-state index in [0.29, 0.717) is 25.0 Å². The van der Waals surface area contributed by atoms with Gasteiger partial charge in [0.25, 0.3) is 5.91 Å². The van der Waals surface area contributed by atoms with Crippen molar-refractivity contribution in [3.8, 4) is 0 Å². The Bertz CT molecular complexity index is 1240. The maximum absolute atomic E-state index is 13.5. The molecule has 0 aromatic heterocycles. The highest BCUT2D eigenvalue weighted by Crippen LogP contribution is 2.51. The van der Waals surface area contributed by atoms with Gasteiger partial charge in [-0.05, 0) is 61.6 Å². The van der Waals surface area contributed by atoms with E-state index < -0.39 is 57.3 Å². The van der Waals surface area contributed by atoms with E-state index in [-0.39, 0.29) is 51.8 Å². The van der Waals surface area contributed by atoms with Crippen LogP contribution in [0.25, 0.3) is 0 Å². The molecule has 1 amide bonds. The molecule has 2 fully saturated rings. The van der Waals surface area contributed by atoms with Gasteiger partial charge in [-0.1, -0.05) is 11.6 Å². The fraction of sp³-hybridized carbons (Fsp3) is 0.458. The number of hydrogen-bond acceptors (Lipinski definition) is 6. The van der Waals surface area contributed by atoms with Crippen molar-refractivity contribution in [1.82, 2.24) is 0 Å². The Morgan fingerprint density at radius 3 is 2.19 bits per heavy atom. The summed E-state index contributed by atoms with van der Waals surface area (Å²) in [7, 11) is -4.02. The predicted octanol–water partition coefficient (Wildman–Crippen LogP) is 3.30. The van der Waals surface area contributed by atoms with E-state index in [1.54, 1.807) is 0 Å².